The van der Waals surface area contributed by atoms with Gasteiger partial charge in [-0.25, -0.2) is 0 Å². The molecule has 1 aromatic rings. The van der Waals surface area contributed by atoms with E-state index in [4.69, 9.17) is 11.6 Å². The van der Waals surface area contributed by atoms with E-state index in [1.54, 1.807) is 0 Å². The van der Waals surface area contributed by atoms with Crippen LogP contribution in [0.2, 0.25) is 5.02 Å². The highest BCUT2D eigenvalue weighted by Gasteiger charge is 2.41. The van der Waals surface area contributed by atoms with Crippen LogP contribution in [0, 0.1) is 5.92 Å². The molecule has 0 aromatic heterocycles. The van der Waals surface area contributed by atoms with Gasteiger partial charge in [-0.3, -0.25) is 0 Å². The Hall–Kier alpha value is -0.530. The predicted molar refractivity (Wildman–Crippen MR) is 54.0 cm³/mol. The van der Waals surface area contributed by atoms with E-state index in [-0.39, 0.29) is 6.10 Å². The van der Waals surface area contributed by atoms with E-state index in [1.807, 2.05) is 19.1 Å². The van der Waals surface area contributed by atoms with Gasteiger partial charge >= 0.3 is 0 Å². The molecule has 13 heavy (non-hydrogen) atoms. The second-order valence-corrected chi connectivity index (χ2v) is 4.23. The lowest BCUT2D eigenvalue weighted by molar-refractivity contribution is 0.169. The third-order valence-electron chi connectivity index (χ3n) is 2.76. The van der Waals surface area contributed by atoms with Crippen molar-refractivity contribution in [3.63, 3.8) is 0 Å². The minimum atomic E-state index is -0.180. The molecule has 0 radical (unpaired) electrons. The van der Waals surface area contributed by atoms with Gasteiger partial charge in [0, 0.05) is 5.02 Å². The fourth-order valence-electron chi connectivity index (χ4n) is 1.84. The summed E-state index contributed by atoms with van der Waals surface area (Å²) in [5, 5.41) is 10.1. The second-order valence-electron chi connectivity index (χ2n) is 3.80. The third kappa shape index (κ3) is 1.87. The van der Waals surface area contributed by atoms with Crippen LogP contribution in [0.1, 0.15) is 24.8 Å². The van der Waals surface area contributed by atoms with Crippen molar-refractivity contribution in [3.05, 3.63) is 34.9 Å². The molecule has 1 aliphatic carbocycles. The van der Waals surface area contributed by atoms with Gasteiger partial charge in [0.15, 0.2) is 0 Å². The van der Waals surface area contributed by atoms with Crippen LogP contribution < -0.4 is 0 Å². The van der Waals surface area contributed by atoms with Crippen molar-refractivity contribution >= 4 is 11.6 Å². The van der Waals surface area contributed by atoms with Crippen molar-refractivity contribution in [1.29, 1.82) is 0 Å². The minimum Gasteiger partial charge on any atom is -0.393 e. The van der Waals surface area contributed by atoms with Crippen molar-refractivity contribution in [2.24, 2.45) is 5.92 Å². The quantitative estimate of drug-likeness (QED) is 0.772. The van der Waals surface area contributed by atoms with Crippen LogP contribution in [0.5, 0.6) is 0 Å². The molecule has 0 aliphatic heterocycles. The molecular formula is C11H13ClO. The maximum Gasteiger partial charge on any atom is 0.0546 e. The lowest BCUT2D eigenvalue weighted by Gasteiger charge is -2.02. The minimum absolute atomic E-state index is 0.180. The summed E-state index contributed by atoms with van der Waals surface area (Å²) in [6.07, 6.45) is 0.930. The monoisotopic (exact) mass is 196 g/mol. The molecule has 0 saturated heterocycles. The van der Waals surface area contributed by atoms with Crippen molar-refractivity contribution in [3.8, 4) is 0 Å². The summed E-state index contributed by atoms with van der Waals surface area (Å²) in [5.41, 5.74) is 1.30. The van der Waals surface area contributed by atoms with Crippen LogP contribution in [-0.4, -0.2) is 11.2 Å². The average molecular weight is 197 g/mol. The standard InChI is InChI=1S/C11H13ClO/c1-7(13)10-6-11(10)8-2-4-9(12)5-3-8/h2-5,7,10-11,13H,6H2,1H3/t7-,10-,11-/m1/s1. The zero-order chi connectivity index (χ0) is 9.42. The molecule has 0 bridgehead atoms. The van der Waals surface area contributed by atoms with Gasteiger partial charge in [0.25, 0.3) is 0 Å². The second kappa shape index (κ2) is 3.32. The van der Waals surface area contributed by atoms with Crippen LogP contribution in [0.4, 0.5) is 0 Å². The van der Waals surface area contributed by atoms with Crippen molar-refractivity contribution in [2.45, 2.75) is 25.4 Å². The van der Waals surface area contributed by atoms with Gasteiger partial charge in [-0.05, 0) is 42.9 Å². The molecular weight excluding hydrogens is 184 g/mol. The number of hydrogen-bond acceptors (Lipinski definition) is 1. The van der Waals surface area contributed by atoms with Gasteiger partial charge in [-0.2, -0.15) is 0 Å². The van der Waals surface area contributed by atoms with Gasteiger partial charge < -0.3 is 5.11 Å². The molecule has 0 amide bonds. The summed E-state index contributed by atoms with van der Waals surface area (Å²) < 4.78 is 0. The Kier molecular flexibility index (Phi) is 2.31. The molecule has 2 heteroatoms. The molecule has 0 heterocycles. The maximum absolute atomic E-state index is 9.35. The van der Waals surface area contributed by atoms with E-state index in [0.717, 1.165) is 11.4 Å². The molecule has 1 saturated carbocycles. The Morgan fingerprint density at radius 3 is 2.46 bits per heavy atom. The molecule has 0 unspecified atom stereocenters. The molecule has 1 N–H and O–H groups in total. The Balaban J connectivity index is 2.08. The summed E-state index contributed by atoms with van der Waals surface area (Å²) in [4.78, 5) is 0. The lowest BCUT2D eigenvalue weighted by Crippen LogP contribution is -2.03. The first-order valence-corrected chi connectivity index (χ1v) is 5.00. The van der Waals surface area contributed by atoms with Gasteiger partial charge in [-0.15, -0.1) is 0 Å². The van der Waals surface area contributed by atoms with Crippen LogP contribution in [0.25, 0.3) is 0 Å². The van der Waals surface area contributed by atoms with Crippen LogP contribution in [-0.2, 0) is 0 Å². The molecule has 0 spiro atoms. The SMILES string of the molecule is C[C@@H](O)[C@H]1C[C@@H]1c1ccc(Cl)cc1. The Morgan fingerprint density at radius 2 is 2.00 bits per heavy atom. The first-order valence-electron chi connectivity index (χ1n) is 4.62. The van der Waals surface area contributed by atoms with Gasteiger partial charge in [-0.1, -0.05) is 23.7 Å². The van der Waals surface area contributed by atoms with E-state index < -0.39 is 0 Å². The number of hydrogen-bond donors (Lipinski definition) is 1. The molecule has 1 aliphatic rings. The van der Waals surface area contributed by atoms with Gasteiger partial charge in [0.2, 0.25) is 0 Å². The van der Waals surface area contributed by atoms with E-state index in [1.165, 1.54) is 5.56 Å². The zero-order valence-corrected chi connectivity index (χ0v) is 8.33. The zero-order valence-electron chi connectivity index (χ0n) is 7.57. The highest BCUT2D eigenvalue weighted by molar-refractivity contribution is 6.30. The highest BCUT2D eigenvalue weighted by atomic mass is 35.5. The normalized spacial score (nSPS) is 28.5. The van der Waals surface area contributed by atoms with E-state index in [0.29, 0.717) is 11.8 Å². The van der Waals surface area contributed by atoms with Gasteiger partial charge in [0.1, 0.15) is 0 Å². The number of halogens is 1. The number of benzene rings is 1. The largest absolute Gasteiger partial charge is 0.393 e. The van der Waals surface area contributed by atoms with E-state index >= 15 is 0 Å². The fourth-order valence-corrected chi connectivity index (χ4v) is 1.97. The topological polar surface area (TPSA) is 20.2 Å². The molecule has 3 atom stereocenters. The first kappa shape index (κ1) is 9.04. The molecule has 1 nitrogen and oxygen atoms in total. The Morgan fingerprint density at radius 1 is 1.38 bits per heavy atom. The Labute approximate surface area is 83.3 Å². The summed E-state index contributed by atoms with van der Waals surface area (Å²) in [6.45, 7) is 1.86. The smallest absolute Gasteiger partial charge is 0.0546 e. The first-order chi connectivity index (χ1) is 6.18. The Bertz CT molecular complexity index is 291. The highest BCUT2D eigenvalue weighted by Crippen LogP contribution is 2.49. The van der Waals surface area contributed by atoms with E-state index in [9.17, 15) is 5.11 Å². The summed E-state index contributed by atoms with van der Waals surface area (Å²) in [6, 6.07) is 7.92. The number of aliphatic hydroxyl groups excluding tert-OH is 1. The number of aliphatic hydroxyl groups is 1. The average Bonchev–Trinajstić information content (AvgIpc) is 2.85. The molecule has 70 valence electrons. The van der Waals surface area contributed by atoms with Crippen LogP contribution in [0.15, 0.2) is 24.3 Å². The maximum atomic E-state index is 9.35. The van der Waals surface area contributed by atoms with Crippen molar-refractivity contribution < 1.29 is 5.11 Å². The summed E-state index contributed by atoms with van der Waals surface area (Å²) >= 11 is 5.79. The van der Waals surface area contributed by atoms with Crippen LogP contribution in [0.3, 0.4) is 0 Å². The van der Waals surface area contributed by atoms with Crippen LogP contribution >= 0.6 is 11.6 Å². The van der Waals surface area contributed by atoms with E-state index in [2.05, 4.69) is 12.1 Å². The fraction of sp³-hybridized carbons (Fsp3) is 0.455. The predicted octanol–water partition coefficient (Wildman–Crippen LogP) is 2.82. The number of rotatable bonds is 2. The van der Waals surface area contributed by atoms with Crippen molar-refractivity contribution in [1.82, 2.24) is 0 Å². The summed E-state index contributed by atoms with van der Waals surface area (Å²) in [7, 11) is 0. The summed E-state index contributed by atoms with van der Waals surface area (Å²) in [5.74, 6) is 1.01. The lowest BCUT2D eigenvalue weighted by atomic mass is 10.1. The van der Waals surface area contributed by atoms with Crippen molar-refractivity contribution in [2.75, 3.05) is 0 Å². The third-order valence-corrected chi connectivity index (χ3v) is 3.01. The molecule has 2 rings (SSSR count). The molecule has 1 aromatic carbocycles. The van der Waals surface area contributed by atoms with Gasteiger partial charge in [0.05, 0.1) is 6.10 Å². The molecule has 1 fully saturated rings.